The van der Waals surface area contributed by atoms with Gasteiger partial charge in [0.1, 0.15) is 0 Å². The maximum atomic E-state index is 12.1. The Morgan fingerprint density at radius 3 is 2.39 bits per heavy atom. The molecule has 0 radical (unpaired) electrons. The summed E-state index contributed by atoms with van der Waals surface area (Å²) in [6, 6.07) is 12.8. The normalized spacial score (nSPS) is 10.6. The minimum Gasteiger partial charge on any atom is -0.493 e. The van der Waals surface area contributed by atoms with Crippen molar-refractivity contribution < 1.29 is 14.3 Å². The quantitative estimate of drug-likeness (QED) is 0.502. The van der Waals surface area contributed by atoms with Crippen molar-refractivity contribution in [2.45, 2.75) is 4.90 Å². The van der Waals surface area contributed by atoms with Gasteiger partial charge in [-0.25, -0.2) is 5.43 Å². The number of hydrogen-bond donors (Lipinski definition) is 1. The molecule has 0 atom stereocenters. The molecule has 2 aromatic carbocycles. The Labute approximate surface area is 139 Å². The second-order valence-corrected chi connectivity index (χ2v) is 5.42. The number of carbonyl (C=O) groups excluding carboxylic acids is 1. The predicted octanol–water partition coefficient (Wildman–Crippen LogP) is 3.19. The van der Waals surface area contributed by atoms with E-state index in [1.165, 1.54) is 12.0 Å². The molecule has 0 aliphatic heterocycles. The van der Waals surface area contributed by atoms with Crippen LogP contribution in [0.5, 0.6) is 11.5 Å². The molecule has 0 unspecified atom stereocenters. The van der Waals surface area contributed by atoms with Gasteiger partial charge in [0.15, 0.2) is 11.5 Å². The van der Waals surface area contributed by atoms with Crippen molar-refractivity contribution in [2.24, 2.45) is 5.10 Å². The van der Waals surface area contributed by atoms with Crippen molar-refractivity contribution in [3.63, 3.8) is 0 Å². The van der Waals surface area contributed by atoms with E-state index in [4.69, 9.17) is 9.47 Å². The van der Waals surface area contributed by atoms with Crippen molar-refractivity contribution in [3.8, 4) is 11.5 Å². The molecule has 0 heterocycles. The summed E-state index contributed by atoms with van der Waals surface area (Å²) < 4.78 is 10.3. The molecule has 0 bridgehead atoms. The number of nitrogens with one attached hydrogen (secondary N) is 1. The second kappa shape index (κ2) is 8.24. The highest BCUT2D eigenvalue weighted by molar-refractivity contribution is 7.98. The predicted molar refractivity (Wildman–Crippen MR) is 92.8 cm³/mol. The van der Waals surface area contributed by atoms with E-state index in [0.717, 1.165) is 5.56 Å². The summed E-state index contributed by atoms with van der Waals surface area (Å²) in [5, 5.41) is 3.97. The van der Waals surface area contributed by atoms with Crippen LogP contribution in [-0.2, 0) is 0 Å². The summed E-state index contributed by atoms with van der Waals surface area (Å²) in [6.45, 7) is 0. The van der Waals surface area contributed by atoms with E-state index >= 15 is 0 Å². The van der Waals surface area contributed by atoms with Crippen LogP contribution in [0.1, 0.15) is 15.9 Å². The molecule has 0 saturated heterocycles. The minimum absolute atomic E-state index is 0.317. The summed E-state index contributed by atoms with van der Waals surface area (Å²) in [4.78, 5) is 13.3. The lowest BCUT2D eigenvalue weighted by Crippen LogP contribution is -2.17. The first-order valence-corrected chi connectivity index (χ1v) is 8.10. The number of hydrogen-bond acceptors (Lipinski definition) is 5. The number of nitrogens with zero attached hydrogens (tertiary/aromatic N) is 1. The molecule has 0 spiro atoms. The van der Waals surface area contributed by atoms with Crippen molar-refractivity contribution in [2.75, 3.05) is 20.5 Å². The fourth-order valence-corrected chi connectivity index (χ4v) is 2.31. The van der Waals surface area contributed by atoms with Crippen LogP contribution in [0, 0.1) is 0 Å². The molecule has 0 saturated carbocycles. The molecule has 1 amide bonds. The zero-order valence-electron chi connectivity index (χ0n) is 13.2. The lowest BCUT2D eigenvalue weighted by molar-refractivity contribution is 0.0954. The van der Waals surface area contributed by atoms with Crippen LogP contribution in [0.2, 0.25) is 0 Å². The lowest BCUT2D eigenvalue weighted by Gasteiger charge is -2.08. The average molecular weight is 330 g/mol. The highest BCUT2D eigenvalue weighted by Gasteiger charge is 2.09. The second-order valence-electron chi connectivity index (χ2n) is 4.54. The lowest BCUT2D eigenvalue weighted by atomic mass is 10.2. The van der Waals surface area contributed by atoms with Gasteiger partial charge >= 0.3 is 0 Å². The molecule has 0 aliphatic rings. The van der Waals surface area contributed by atoms with E-state index in [1.807, 2.05) is 30.5 Å². The molecule has 0 aromatic heterocycles. The third-order valence-electron chi connectivity index (χ3n) is 3.14. The van der Waals surface area contributed by atoms with Crippen LogP contribution in [0.4, 0.5) is 0 Å². The summed E-state index contributed by atoms with van der Waals surface area (Å²) >= 11 is 1.67. The molecule has 2 rings (SSSR count). The number of rotatable bonds is 6. The van der Waals surface area contributed by atoms with Gasteiger partial charge in [-0.3, -0.25) is 4.79 Å². The zero-order valence-corrected chi connectivity index (χ0v) is 14.0. The topological polar surface area (TPSA) is 59.9 Å². The van der Waals surface area contributed by atoms with Crippen LogP contribution in [0.3, 0.4) is 0 Å². The summed E-state index contributed by atoms with van der Waals surface area (Å²) in [6.07, 6.45) is 3.62. The molecule has 6 heteroatoms. The fourth-order valence-electron chi connectivity index (χ4n) is 1.90. The minimum atomic E-state index is -0.317. The number of ether oxygens (including phenoxy) is 2. The van der Waals surface area contributed by atoms with Crippen LogP contribution < -0.4 is 14.9 Å². The van der Waals surface area contributed by atoms with Gasteiger partial charge in [0.2, 0.25) is 0 Å². The van der Waals surface area contributed by atoms with Crippen LogP contribution >= 0.6 is 11.8 Å². The van der Waals surface area contributed by atoms with E-state index in [-0.39, 0.29) is 5.91 Å². The first kappa shape index (κ1) is 16.9. The molecule has 0 fully saturated rings. The SMILES string of the molecule is COc1ccc(C(=O)NN=Cc2ccc(SC)cc2)cc1OC. The van der Waals surface area contributed by atoms with Gasteiger partial charge < -0.3 is 9.47 Å². The van der Waals surface area contributed by atoms with Crippen molar-refractivity contribution >= 4 is 23.9 Å². The van der Waals surface area contributed by atoms with E-state index in [1.54, 1.807) is 43.3 Å². The van der Waals surface area contributed by atoms with Gasteiger partial charge in [-0.15, -0.1) is 11.8 Å². The third kappa shape index (κ3) is 4.50. The first-order valence-electron chi connectivity index (χ1n) is 6.87. The van der Waals surface area contributed by atoms with Crippen LogP contribution in [-0.4, -0.2) is 32.6 Å². The maximum absolute atomic E-state index is 12.1. The van der Waals surface area contributed by atoms with E-state index in [9.17, 15) is 4.79 Å². The third-order valence-corrected chi connectivity index (χ3v) is 3.88. The molecule has 5 nitrogen and oxygen atoms in total. The van der Waals surface area contributed by atoms with Crippen LogP contribution in [0.25, 0.3) is 0 Å². The van der Waals surface area contributed by atoms with E-state index < -0.39 is 0 Å². The number of amides is 1. The molecule has 2 aromatic rings. The monoisotopic (exact) mass is 330 g/mol. The Morgan fingerprint density at radius 1 is 1.09 bits per heavy atom. The van der Waals surface area contributed by atoms with Crippen molar-refractivity contribution in [3.05, 3.63) is 53.6 Å². The molecule has 120 valence electrons. The number of methoxy groups -OCH3 is 2. The first-order chi connectivity index (χ1) is 11.2. The average Bonchev–Trinajstić information content (AvgIpc) is 2.61. The molecule has 1 N–H and O–H groups in total. The largest absolute Gasteiger partial charge is 0.493 e. The smallest absolute Gasteiger partial charge is 0.271 e. The summed E-state index contributed by atoms with van der Waals surface area (Å²) in [7, 11) is 3.07. The Kier molecular flexibility index (Phi) is 6.05. The number of benzene rings is 2. The number of carbonyl (C=O) groups is 1. The molecular weight excluding hydrogens is 312 g/mol. The van der Waals surface area contributed by atoms with E-state index in [0.29, 0.717) is 17.1 Å². The molecular formula is C17H18N2O3S. The van der Waals surface area contributed by atoms with Crippen molar-refractivity contribution in [1.82, 2.24) is 5.43 Å². The molecule has 0 aliphatic carbocycles. The van der Waals surface area contributed by atoms with Gasteiger partial charge in [-0.2, -0.15) is 5.10 Å². The van der Waals surface area contributed by atoms with E-state index in [2.05, 4.69) is 10.5 Å². The maximum Gasteiger partial charge on any atom is 0.271 e. The highest BCUT2D eigenvalue weighted by atomic mass is 32.2. The van der Waals surface area contributed by atoms with Gasteiger partial charge in [-0.05, 0) is 42.2 Å². The number of thioether (sulfide) groups is 1. The Bertz CT molecular complexity index is 699. The van der Waals surface area contributed by atoms with Crippen LogP contribution in [0.15, 0.2) is 52.5 Å². The Morgan fingerprint density at radius 2 is 1.78 bits per heavy atom. The fraction of sp³-hybridized carbons (Fsp3) is 0.176. The van der Waals surface area contributed by atoms with Gasteiger partial charge in [0.05, 0.1) is 20.4 Å². The standard InChI is InChI=1S/C17H18N2O3S/c1-21-15-9-6-13(10-16(15)22-2)17(20)19-18-11-12-4-7-14(23-3)8-5-12/h4-11H,1-3H3,(H,19,20). The Balaban J connectivity index is 2.02. The van der Waals surface area contributed by atoms with Gasteiger partial charge in [0, 0.05) is 10.5 Å². The van der Waals surface area contributed by atoms with Gasteiger partial charge in [0.25, 0.3) is 5.91 Å². The summed E-state index contributed by atoms with van der Waals surface area (Å²) in [5.74, 6) is 0.751. The summed E-state index contributed by atoms with van der Waals surface area (Å²) in [5.41, 5.74) is 3.85. The highest BCUT2D eigenvalue weighted by Crippen LogP contribution is 2.27. The zero-order chi connectivity index (χ0) is 16.7. The van der Waals surface area contributed by atoms with Gasteiger partial charge in [-0.1, -0.05) is 12.1 Å². The molecule has 23 heavy (non-hydrogen) atoms. The van der Waals surface area contributed by atoms with Crippen molar-refractivity contribution in [1.29, 1.82) is 0 Å². The number of hydrazone groups is 1. The Hall–Kier alpha value is -2.47.